The molecular formula is C12H14F2N2O2. The highest BCUT2D eigenvalue weighted by Gasteiger charge is 2.38. The summed E-state index contributed by atoms with van der Waals surface area (Å²) in [5.41, 5.74) is -0.297. The second-order valence-electron chi connectivity index (χ2n) is 4.34. The number of nitrogens with zero attached hydrogens (tertiary/aromatic N) is 2. The van der Waals surface area contributed by atoms with Gasteiger partial charge in [-0.3, -0.25) is 4.79 Å². The molecule has 0 aliphatic carbocycles. The van der Waals surface area contributed by atoms with Gasteiger partial charge in [-0.05, 0) is 25.0 Å². The first-order valence-electron chi connectivity index (χ1n) is 5.81. The lowest BCUT2D eigenvalue weighted by atomic mass is 10.1. The SMILES string of the molecule is O=C(O)CC(F)(F)c1cccnc1N1CCCC1. The molecule has 1 aliphatic heterocycles. The first-order chi connectivity index (χ1) is 8.50. The van der Waals surface area contributed by atoms with Gasteiger partial charge in [0, 0.05) is 19.3 Å². The van der Waals surface area contributed by atoms with E-state index in [0.29, 0.717) is 13.1 Å². The van der Waals surface area contributed by atoms with Crippen LogP contribution in [-0.4, -0.2) is 29.1 Å². The van der Waals surface area contributed by atoms with E-state index in [2.05, 4.69) is 4.98 Å². The van der Waals surface area contributed by atoms with Crippen molar-refractivity contribution in [2.75, 3.05) is 18.0 Å². The van der Waals surface area contributed by atoms with Crippen molar-refractivity contribution in [3.05, 3.63) is 23.9 Å². The Labute approximate surface area is 103 Å². The zero-order valence-electron chi connectivity index (χ0n) is 9.77. The number of aromatic nitrogens is 1. The van der Waals surface area contributed by atoms with Gasteiger partial charge >= 0.3 is 5.97 Å². The van der Waals surface area contributed by atoms with Crippen LogP contribution in [0.25, 0.3) is 0 Å². The van der Waals surface area contributed by atoms with E-state index in [-0.39, 0.29) is 11.4 Å². The summed E-state index contributed by atoms with van der Waals surface area (Å²) < 4.78 is 27.7. The largest absolute Gasteiger partial charge is 0.481 e. The summed E-state index contributed by atoms with van der Waals surface area (Å²) in [6, 6.07) is 2.66. The maximum atomic E-state index is 13.9. The predicted octanol–water partition coefficient (Wildman–Crippen LogP) is 2.25. The van der Waals surface area contributed by atoms with E-state index < -0.39 is 18.3 Å². The van der Waals surface area contributed by atoms with Crippen LogP contribution in [-0.2, 0) is 10.7 Å². The van der Waals surface area contributed by atoms with Gasteiger partial charge in [0.25, 0.3) is 5.92 Å². The van der Waals surface area contributed by atoms with Crippen molar-refractivity contribution in [3.63, 3.8) is 0 Å². The van der Waals surface area contributed by atoms with Crippen molar-refractivity contribution in [2.45, 2.75) is 25.2 Å². The summed E-state index contributed by atoms with van der Waals surface area (Å²) >= 11 is 0. The summed E-state index contributed by atoms with van der Waals surface area (Å²) in [5.74, 6) is -4.70. The smallest absolute Gasteiger partial charge is 0.309 e. The van der Waals surface area contributed by atoms with E-state index in [1.807, 2.05) is 0 Å². The summed E-state index contributed by atoms with van der Waals surface area (Å²) in [6.07, 6.45) is 2.13. The average Bonchev–Trinajstić information content (AvgIpc) is 2.80. The van der Waals surface area contributed by atoms with Gasteiger partial charge < -0.3 is 10.0 Å². The fourth-order valence-corrected chi connectivity index (χ4v) is 2.15. The normalized spacial score (nSPS) is 16.0. The van der Waals surface area contributed by atoms with Gasteiger partial charge in [0.05, 0.1) is 5.56 Å². The highest BCUT2D eigenvalue weighted by Crippen LogP contribution is 2.37. The Bertz CT molecular complexity index is 445. The summed E-state index contributed by atoms with van der Waals surface area (Å²) in [6.45, 7) is 1.38. The number of aliphatic carboxylic acids is 1. The Morgan fingerprint density at radius 2 is 2.11 bits per heavy atom. The maximum Gasteiger partial charge on any atom is 0.309 e. The number of carboxylic acid groups (broad SMARTS) is 1. The van der Waals surface area contributed by atoms with Gasteiger partial charge in [0.1, 0.15) is 12.2 Å². The first kappa shape index (κ1) is 12.7. The fraction of sp³-hybridized carbons (Fsp3) is 0.500. The van der Waals surface area contributed by atoms with Gasteiger partial charge in [-0.25, -0.2) is 13.8 Å². The van der Waals surface area contributed by atoms with Crippen molar-refractivity contribution < 1.29 is 18.7 Å². The minimum atomic E-state index is -3.39. The zero-order valence-corrected chi connectivity index (χ0v) is 9.77. The number of anilines is 1. The van der Waals surface area contributed by atoms with Gasteiger partial charge in [0.15, 0.2) is 0 Å². The molecule has 0 atom stereocenters. The van der Waals surface area contributed by atoms with Crippen molar-refractivity contribution in [1.82, 2.24) is 4.98 Å². The number of carboxylic acids is 1. The molecule has 4 nitrogen and oxygen atoms in total. The molecule has 0 saturated carbocycles. The first-order valence-corrected chi connectivity index (χ1v) is 5.81. The number of pyridine rings is 1. The van der Waals surface area contributed by atoms with Gasteiger partial charge in [-0.1, -0.05) is 0 Å². The molecule has 6 heteroatoms. The molecule has 0 amide bonds. The molecule has 1 saturated heterocycles. The minimum absolute atomic E-state index is 0.209. The van der Waals surface area contributed by atoms with Gasteiger partial charge in [0.2, 0.25) is 0 Å². The quantitative estimate of drug-likeness (QED) is 0.897. The average molecular weight is 256 g/mol. The molecule has 0 bridgehead atoms. The second kappa shape index (κ2) is 4.88. The number of carbonyl (C=O) groups is 1. The third-order valence-corrected chi connectivity index (χ3v) is 2.96. The Balaban J connectivity index is 2.34. The highest BCUT2D eigenvalue weighted by atomic mass is 19.3. The monoisotopic (exact) mass is 256 g/mol. The lowest BCUT2D eigenvalue weighted by Gasteiger charge is -2.23. The third kappa shape index (κ3) is 2.57. The molecule has 0 radical (unpaired) electrons. The van der Waals surface area contributed by atoms with Gasteiger partial charge in [-0.15, -0.1) is 0 Å². The predicted molar refractivity (Wildman–Crippen MR) is 61.8 cm³/mol. The van der Waals surface area contributed by atoms with Crippen molar-refractivity contribution in [2.24, 2.45) is 0 Å². The summed E-state index contributed by atoms with van der Waals surface area (Å²) in [7, 11) is 0. The fourth-order valence-electron chi connectivity index (χ4n) is 2.15. The lowest BCUT2D eigenvalue weighted by molar-refractivity contribution is -0.145. The van der Waals surface area contributed by atoms with Crippen LogP contribution in [0.3, 0.4) is 0 Å². The molecule has 1 N–H and O–H groups in total. The van der Waals surface area contributed by atoms with E-state index in [1.165, 1.54) is 18.3 Å². The molecule has 1 aromatic heterocycles. The van der Waals surface area contributed by atoms with Crippen LogP contribution in [0.4, 0.5) is 14.6 Å². The lowest BCUT2D eigenvalue weighted by Crippen LogP contribution is -2.26. The van der Waals surface area contributed by atoms with Crippen LogP contribution in [0.5, 0.6) is 0 Å². The molecule has 1 fully saturated rings. The van der Waals surface area contributed by atoms with E-state index in [0.717, 1.165) is 12.8 Å². The number of hydrogen-bond donors (Lipinski definition) is 1. The number of alkyl halides is 2. The second-order valence-corrected chi connectivity index (χ2v) is 4.34. The molecule has 2 heterocycles. The highest BCUT2D eigenvalue weighted by molar-refractivity contribution is 5.69. The molecular weight excluding hydrogens is 242 g/mol. The van der Waals surface area contributed by atoms with E-state index in [9.17, 15) is 13.6 Å². The minimum Gasteiger partial charge on any atom is -0.481 e. The Morgan fingerprint density at radius 3 is 2.72 bits per heavy atom. The van der Waals surface area contributed by atoms with Crippen LogP contribution in [0.15, 0.2) is 18.3 Å². The van der Waals surface area contributed by atoms with E-state index in [1.54, 1.807) is 4.90 Å². The van der Waals surface area contributed by atoms with Crippen molar-refractivity contribution in [1.29, 1.82) is 0 Å². The zero-order chi connectivity index (χ0) is 13.2. The number of halogens is 2. The number of hydrogen-bond acceptors (Lipinski definition) is 3. The molecule has 18 heavy (non-hydrogen) atoms. The Kier molecular flexibility index (Phi) is 3.45. The third-order valence-electron chi connectivity index (χ3n) is 2.96. The molecule has 1 aromatic rings. The van der Waals surface area contributed by atoms with Crippen LogP contribution < -0.4 is 4.90 Å². The standard InChI is InChI=1S/C12H14F2N2O2/c13-12(14,8-10(17)18)9-4-3-5-15-11(9)16-6-1-2-7-16/h3-5H,1-2,6-8H2,(H,17,18). The molecule has 98 valence electrons. The van der Waals surface area contributed by atoms with E-state index >= 15 is 0 Å². The molecule has 2 rings (SSSR count). The van der Waals surface area contributed by atoms with Crippen molar-refractivity contribution >= 4 is 11.8 Å². The van der Waals surface area contributed by atoms with E-state index in [4.69, 9.17) is 5.11 Å². The maximum absolute atomic E-state index is 13.9. The number of rotatable bonds is 4. The van der Waals surface area contributed by atoms with Crippen molar-refractivity contribution in [3.8, 4) is 0 Å². The molecule has 0 spiro atoms. The van der Waals surface area contributed by atoms with Crippen LogP contribution in [0.2, 0.25) is 0 Å². The molecule has 0 unspecified atom stereocenters. The summed E-state index contributed by atoms with van der Waals surface area (Å²) in [5, 5.41) is 8.55. The topological polar surface area (TPSA) is 53.4 Å². The molecule has 1 aliphatic rings. The van der Waals surface area contributed by atoms with Crippen LogP contribution in [0, 0.1) is 0 Å². The van der Waals surface area contributed by atoms with Crippen LogP contribution in [0.1, 0.15) is 24.8 Å². The summed E-state index contributed by atoms with van der Waals surface area (Å²) in [4.78, 5) is 16.3. The van der Waals surface area contributed by atoms with Gasteiger partial charge in [-0.2, -0.15) is 0 Å². The molecule has 0 aromatic carbocycles. The Hall–Kier alpha value is -1.72. The Morgan fingerprint density at radius 1 is 1.44 bits per heavy atom. The van der Waals surface area contributed by atoms with Crippen LogP contribution >= 0.6 is 0 Å².